The first kappa shape index (κ1) is 11.9. The highest BCUT2D eigenvalue weighted by atomic mass is 19.4. The van der Waals surface area contributed by atoms with Gasteiger partial charge in [-0.15, -0.1) is 0 Å². The van der Waals surface area contributed by atoms with Crippen molar-refractivity contribution in [3.8, 4) is 0 Å². The zero-order valence-corrected chi connectivity index (χ0v) is 7.30. The van der Waals surface area contributed by atoms with E-state index in [1.54, 1.807) is 0 Å². The molecular weight excluding hydrogens is 219 g/mol. The van der Waals surface area contributed by atoms with Crippen molar-refractivity contribution in [2.24, 2.45) is 0 Å². The molecule has 0 aliphatic heterocycles. The maximum Gasteiger partial charge on any atom is 0.418 e. The van der Waals surface area contributed by atoms with Crippen LogP contribution in [0.4, 0.5) is 22.0 Å². The first-order chi connectivity index (χ1) is 6.82. The van der Waals surface area contributed by atoms with E-state index in [-0.39, 0.29) is 0 Å². The van der Waals surface area contributed by atoms with Crippen molar-refractivity contribution in [2.75, 3.05) is 0 Å². The van der Waals surface area contributed by atoms with Crippen molar-refractivity contribution >= 4 is 0 Å². The van der Waals surface area contributed by atoms with E-state index in [4.69, 9.17) is 5.11 Å². The van der Waals surface area contributed by atoms with Gasteiger partial charge in [0.2, 0.25) is 0 Å². The zero-order valence-electron chi connectivity index (χ0n) is 7.30. The number of benzene rings is 1. The molecule has 15 heavy (non-hydrogen) atoms. The lowest BCUT2D eigenvalue weighted by Crippen LogP contribution is -2.20. The van der Waals surface area contributed by atoms with Crippen molar-refractivity contribution in [3.63, 3.8) is 0 Å². The Morgan fingerprint density at radius 3 is 2.07 bits per heavy atom. The van der Waals surface area contributed by atoms with Gasteiger partial charge in [-0.25, -0.2) is 8.78 Å². The van der Waals surface area contributed by atoms with Crippen LogP contribution in [0.5, 0.6) is 0 Å². The lowest BCUT2D eigenvalue weighted by atomic mass is 10.1. The van der Waals surface area contributed by atoms with Gasteiger partial charge < -0.3 is 5.11 Å². The van der Waals surface area contributed by atoms with Crippen LogP contribution in [0.15, 0.2) is 24.3 Å². The van der Waals surface area contributed by atoms with Crippen LogP contribution >= 0.6 is 0 Å². The van der Waals surface area contributed by atoms with E-state index in [9.17, 15) is 22.0 Å². The quantitative estimate of drug-likeness (QED) is 0.767. The van der Waals surface area contributed by atoms with E-state index in [0.717, 1.165) is 18.2 Å². The molecule has 0 heterocycles. The Balaban J connectivity index is 3.00. The van der Waals surface area contributed by atoms with Crippen LogP contribution in [-0.2, 0) is 0 Å². The maximum absolute atomic E-state index is 12.1. The molecule has 0 fully saturated rings. The van der Waals surface area contributed by atoms with Gasteiger partial charge in [-0.2, -0.15) is 13.2 Å². The Morgan fingerprint density at radius 1 is 1.07 bits per heavy atom. The van der Waals surface area contributed by atoms with Gasteiger partial charge in [0, 0.05) is 5.56 Å². The van der Waals surface area contributed by atoms with Gasteiger partial charge in [-0.05, 0) is 11.6 Å². The van der Waals surface area contributed by atoms with E-state index < -0.39 is 29.8 Å². The Labute approximate surface area is 82.1 Å². The summed E-state index contributed by atoms with van der Waals surface area (Å²) in [4.78, 5) is 0. The van der Waals surface area contributed by atoms with E-state index >= 15 is 0 Å². The second kappa shape index (κ2) is 4.14. The molecule has 0 amide bonds. The predicted molar refractivity (Wildman–Crippen MR) is 42.4 cm³/mol. The molecule has 1 atom stereocenters. The van der Waals surface area contributed by atoms with Crippen molar-refractivity contribution in [3.05, 3.63) is 35.4 Å². The molecule has 0 spiro atoms. The molecule has 1 unspecified atom stereocenters. The predicted octanol–water partition coefficient (Wildman–Crippen LogP) is 3.22. The van der Waals surface area contributed by atoms with Crippen molar-refractivity contribution in [1.82, 2.24) is 0 Å². The monoisotopic (exact) mass is 226 g/mol. The summed E-state index contributed by atoms with van der Waals surface area (Å²) in [6.07, 6.45) is -10.4. The van der Waals surface area contributed by atoms with Gasteiger partial charge >= 0.3 is 6.18 Å². The highest BCUT2D eigenvalue weighted by molar-refractivity contribution is 5.26. The van der Waals surface area contributed by atoms with Crippen LogP contribution in [-0.4, -0.2) is 11.3 Å². The van der Waals surface area contributed by atoms with Gasteiger partial charge in [0.15, 0.2) is 6.10 Å². The second-order valence-corrected chi connectivity index (χ2v) is 2.91. The lowest BCUT2D eigenvalue weighted by Gasteiger charge is -2.15. The van der Waals surface area contributed by atoms with Crippen LogP contribution in [0.1, 0.15) is 23.7 Å². The molecule has 84 valence electrons. The average Bonchev–Trinajstić information content (AvgIpc) is 2.15. The first-order valence-corrected chi connectivity index (χ1v) is 3.95. The minimum atomic E-state index is -4.85. The molecule has 0 saturated carbocycles. The smallest absolute Gasteiger partial charge is 0.379 e. The third kappa shape index (κ3) is 2.89. The molecule has 0 bridgehead atoms. The van der Waals surface area contributed by atoms with Crippen molar-refractivity contribution in [1.29, 1.82) is 0 Å². The third-order valence-electron chi connectivity index (χ3n) is 1.79. The maximum atomic E-state index is 12.1. The Bertz CT molecular complexity index is 334. The first-order valence-electron chi connectivity index (χ1n) is 3.95. The fourth-order valence-corrected chi connectivity index (χ4v) is 1.05. The summed E-state index contributed by atoms with van der Waals surface area (Å²) in [5.74, 6) is 0. The normalized spacial score (nSPS) is 14.3. The Morgan fingerprint density at radius 2 is 1.60 bits per heavy atom. The molecule has 0 aromatic heterocycles. The molecule has 1 rings (SSSR count). The number of hydrogen-bond donors (Lipinski definition) is 1. The average molecular weight is 226 g/mol. The second-order valence-electron chi connectivity index (χ2n) is 2.91. The number of hydrogen-bond acceptors (Lipinski definition) is 1. The molecule has 0 saturated heterocycles. The summed E-state index contributed by atoms with van der Waals surface area (Å²) < 4.78 is 60.4. The van der Waals surface area contributed by atoms with Crippen LogP contribution in [0.3, 0.4) is 0 Å². The fraction of sp³-hybridized carbons (Fsp3) is 0.333. The highest BCUT2D eigenvalue weighted by Gasteiger charge is 2.39. The highest BCUT2D eigenvalue weighted by Crippen LogP contribution is 2.33. The Kier molecular flexibility index (Phi) is 3.28. The Hall–Kier alpha value is -1.17. The fourth-order valence-electron chi connectivity index (χ4n) is 1.05. The van der Waals surface area contributed by atoms with Crippen LogP contribution in [0.25, 0.3) is 0 Å². The van der Waals surface area contributed by atoms with E-state index in [0.29, 0.717) is 6.07 Å². The largest absolute Gasteiger partial charge is 0.418 e. The van der Waals surface area contributed by atoms with Crippen LogP contribution in [0, 0.1) is 0 Å². The molecule has 1 nitrogen and oxygen atoms in total. The van der Waals surface area contributed by atoms with Crippen molar-refractivity contribution in [2.45, 2.75) is 18.7 Å². The molecule has 6 heteroatoms. The van der Waals surface area contributed by atoms with E-state index in [1.165, 1.54) is 0 Å². The summed E-state index contributed by atoms with van der Waals surface area (Å²) in [6, 6.07) is 3.63. The van der Waals surface area contributed by atoms with E-state index in [2.05, 4.69) is 0 Å². The van der Waals surface area contributed by atoms with Crippen LogP contribution in [0.2, 0.25) is 0 Å². The summed E-state index contributed by atoms with van der Waals surface area (Å²) in [7, 11) is 0. The molecule has 0 radical (unpaired) electrons. The van der Waals surface area contributed by atoms with Crippen molar-refractivity contribution < 1.29 is 27.1 Å². The molecule has 0 aliphatic carbocycles. The van der Waals surface area contributed by atoms with Gasteiger partial charge in [-0.3, -0.25) is 0 Å². The standard InChI is InChI=1S/C9H7F5O/c10-8(11)6-3-1-2-5(4-6)7(15)9(12,13)14/h1-4,7-8,15H. The van der Waals surface area contributed by atoms with Gasteiger partial charge in [0.05, 0.1) is 0 Å². The number of alkyl halides is 5. The van der Waals surface area contributed by atoms with Gasteiger partial charge in [0.25, 0.3) is 6.43 Å². The number of halogens is 5. The summed E-state index contributed by atoms with van der Waals surface area (Å²) in [6.45, 7) is 0. The molecule has 1 aromatic rings. The topological polar surface area (TPSA) is 20.2 Å². The molecule has 0 aliphatic rings. The minimum absolute atomic E-state index is 0.546. The zero-order chi connectivity index (χ0) is 11.6. The summed E-state index contributed by atoms with van der Waals surface area (Å²) >= 11 is 0. The molecule has 1 aromatic carbocycles. The lowest BCUT2D eigenvalue weighted by molar-refractivity contribution is -0.206. The number of aliphatic hydroxyl groups excluding tert-OH is 1. The third-order valence-corrected chi connectivity index (χ3v) is 1.79. The SMILES string of the molecule is OC(c1cccc(C(F)F)c1)C(F)(F)F. The minimum Gasteiger partial charge on any atom is -0.379 e. The summed E-state index contributed by atoms with van der Waals surface area (Å²) in [5, 5.41) is 8.79. The van der Waals surface area contributed by atoms with Gasteiger partial charge in [0.1, 0.15) is 0 Å². The van der Waals surface area contributed by atoms with E-state index in [1.807, 2.05) is 0 Å². The molecular formula is C9H7F5O. The number of rotatable bonds is 2. The number of aliphatic hydroxyl groups is 1. The summed E-state index contributed by atoms with van der Waals surface area (Å²) in [5.41, 5.74) is -1.13. The van der Waals surface area contributed by atoms with Gasteiger partial charge in [-0.1, -0.05) is 18.2 Å². The van der Waals surface area contributed by atoms with Crippen LogP contribution < -0.4 is 0 Å². The molecule has 1 N–H and O–H groups in total.